The van der Waals surface area contributed by atoms with Crippen LogP contribution in [0, 0.1) is 6.92 Å². The Morgan fingerprint density at radius 2 is 1.56 bits per heavy atom. The van der Waals surface area contributed by atoms with Crippen molar-refractivity contribution in [2.45, 2.75) is 19.4 Å². The summed E-state index contributed by atoms with van der Waals surface area (Å²) >= 11 is 0. The zero-order valence-electron chi connectivity index (χ0n) is 14.4. The highest BCUT2D eigenvalue weighted by Gasteiger charge is 2.32. The molecule has 0 aliphatic carbocycles. The van der Waals surface area contributed by atoms with Gasteiger partial charge in [-0.05, 0) is 42.2 Å². The standard InChI is InChI=1S/C23H21NO/c1-17-11-13-20(14-12-17)23(25)24-16-15-18-7-5-6-10-21(18)22(24)19-8-3-2-4-9-19/h2-14,22H,15-16H2,1H3. The predicted molar refractivity (Wildman–Crippen MR) is 101 cm³/mol. The first kappa shape index (κ1) is 15.6. The van der Waals surface area contributed by atoms with Gasteiger partial charge < -0.3 is 4.90 Å². The molecule has 0 spiro atoms. The van der Waals surface area contributed by atoms with Gasteiger partial charge in [0.25, 0.3) is 5.91 Å². The van der Waals surface area contributed by atoms with E-state index in [2.05, 4.69) is 36.4 Å². The average molecular weight is 327 g/mol. The summed E-state index contributed by atoms with van der Waals surface area (Å²) in [7, 11) is 0. The summed E-state index contributed by atoms with van der Waals surface area (Å²) in [5.74, 6) is 0.100. The topological polar surface area (TPSA) is 20.3 Å². The van der Waals surface area contributed by atoms with Gasteiger partial charge in [-0.3, -0.25) is 4.79 Å². The molecule has 25 heavy (non-hydrogen) atoms. The number of amides is 1. The van der Waals surface area contributed by atoms with Crippen LogP contribution < -0.4 is 0 Å². The van der Waals surface area contributed by atoms with Gasteiger partial charge in [0.2, 0.25) is 0 Å². The Morgan fingerprint density at radius 1 is 0.880 bits per heavy atom. The minimum absolute atomic E-state index is 0.0278. The minimum atomic E-state index is -0.0278. The number of carbonyl (C=O) groups excluding carboxylic acids is 1. The maximum Gasteiger partial charge on any atom is 0.254 e. The van der Waals surface area contributed by atoms with Crippen molar-refractivity contribution in [3.8, 4) is 0 Å². The molecule has 1 heterocycles. The largest absolute Gasteiger partial charge is 0.327 e. The monoisotopic (exact) mass is 327 g/mol. The number of carbonyl (C=O) groups is 1. The van der Waals surface area contributed by atoms with Crippen LogP contribution in [0.25, 0.3) is 0 Å². The summed E-state index contributed by atoms with van der Waals surface area (Å²) in [6.45, 7) is 2.78. The molecule has 1 unspecified atom stereocenters. The van der Waals surface area contributed by atoms with E-state index < -0.39 is 0 Å². The maximum atomic E-state index is 13.2. The van der Waals surface area contributed by atoms with Crippen molar-refractivity contribution in [3.05, 3.63) is 107 Å². The third-order valence-corrected chi connectivity index (χ3v) is 4.96. The van der Waals surface area contributed by atoms with E-state index in [0.29, 0.717) is 0 Å². The second-order valence-electron chi connectivity index (χ2n) is 6.63. The van der Waals surface area contributed by atoms with E-state index in [1.165, 1.54) is 16.7 Å². The minimum Gasteiger partial charge on any atom is -0.327 e. The van der Waals surface area contributed by atoms with Crippen molar-refractivity contribution in [2.75, 3.05) is 6.54 Å². The normalized spacial score (nSPS) is 16.4. The van der Waals surface area contributed by atoms with Gasteiger partial charge in [0.1, 0.15) is 0 Å². The molecule has 4 rings (SSSR count). The van der Waals surface area contributed by atoms with Crippen LogP contribution in [0.1, 0.15) is 38.7 Å². The third-order valence-electron chi connectivity index (χ3n) is 4.96. The van der Waals surface area contributed by atoms with Crippen molar-refractivity contribution in [3.63, 3.8) is 0 Å². The van der Waals surface area contributed by atoms with Crippen LogP contribution >= 0.6 is 0 Å². The van der Waals surface area contributed by atoms with Gasteiger partial charge in [-0.15, -0.1) is 0 Å². The van der Waals surface area contributed by atoms with E-state index in [9.17, 15) is 4.79 Å². The lowest BCUT2D eigenvalue weighted by Gasteiger charge is -2.38. The quantitative estimate of drug-likeness (QED) is 0.663. The number of fused-ring (bicyclic) bond motifs is 1. The van der Waals surface area contributed by atoms with Crippen LogP contribution in [0.3, 0.4) is 0 Å². The molecular weight excluding hydrogens is 306 g/mol. The zero-order valence-corrected chi connectivity index (χ0v) is 14.4. The number of benzene rings is 3. The van der Waals surface area contributed by atoms with Gasteiger partial charge in [-0.25, -0.2) is 0 Å². The molecule has 0 fully saturated rings. The number of rotatable bonds is 2. The van der Waals surface area contributed by atoms with E-state index in [0.717, 1.165) is 24.1 Å². The zero-order chi connectivity index (χ0) is 17.2. The lowest BCUT2D eigenvalue weighted by Crippen LogP contribution is -2.40. The Morgan fingerprint density at radius 3 is 2.32 bits per heavy atom. The van der Waals surface area contributed by atoms with Crippen LogP contribution in [-0.2, 0) is 6.42 Å². The first-order valence-electron chi connectivity index (χ1n) is 8.74. The fourth-order valence-corrected chi connectivity index (χ4v) is 3.64. The number of hydrogen-bond acceptors (Lipinski definition) is 1. The van der Waals surface area contributed by atoms with Crippen molar-refractivity contribution in [2.24, 2.45) is 0 Å². The van der Waals surface area contributed by atoms with Gasteiger partial charge in [0.15, 0.2) is 0 Å². The molecule has 0 radical (unpaired) electrons. The smallest absolute Gasteiger partial charge is 0.254 e. The van der Waals surface area contributed by atoms with Crippen LogP contribution in [-0.4, -0.2) is 17.4 Å². The van der Waals surface area contributed by atoms with Crippen molar-refractivity contribution in [1.29, 1.82) is 0 Å². The number of aryl methyl sites for hydroxylation is 1. The Balaban J connectivity index is 1.78. The molecule has 1 atom stereocenters. The SMILES string of the molecule is Cc1ccc(C(=O)N2CCc3ccccc3C2c2ccccc2)cc1. The Hall–Kier alpha value is -2.87. The maximum absolute atomic E-state index is 13.2. The molecule has 0 N–H and O–H groups in total. The molecule has 0 saturated carbocycles. The molecule has 124 valence electrons. The Kier molecular flexibility index (Phi) is 4.10. The van der Waals surface area contributed by atoms with E-state index in [4.69, 9.17) is 0 Å². The highest BCUT2D eigenvalue weighted by atomic mass is 16.2. The molecule has 0 saturated heterocycles. The van der Waals surface area contributed by atoms with Crippen LogP contribution in [0.15, 0.2) is 78.9 Å². The third kappa shape index (κ3) is 2.96. The predicted octanol–water partition coefficient (Wildman–Crippen LogP) is 4.78. The van der Waals surface area contributed by atoms with Crippen molar-refractivity contribution >= 4 is 5.91 Å². The second-order valence-corrected chi connectivity index (χ2v) is 6.63. The molecule has 3 aromatic rings. The van der Waals surface area contributed by atoms with Gasteiger partial charge >= 0.3 is 0 Å². The summed E-state index contributed by atoms with van der Waals surface area (Å²) in [4.78, 5) is 15.2. The molecular formula is C23H21NO. The van der Waals surface area contributed by atoms with Crippen LogP contribution in [0.5, 0.6) is 0 Å². The first-order chi connectivity index (χ1) is 12.2. The number of hydrogen-bond donors (Lipinski definition) is 0. The average Bonchev–Trinajstić information content (AvgIpc) is 2.68. The highest BCUT2D eigenvalue weighted by molar-refractivity contribution is 5.95. The van der Waals surface area contributed by atoms with Gasteiger partial charge in [-0.2, -0.15) is 0 Å². The van der Waals surface area contributed by atoms with E-state index >= 15 is 0 Å². The van der Waals surface area contributed by atoms with Gasteiger partial charge in [-0.1, -0.05) is 72.3 Å². The molecule has 0 aromatic heterocycles. The fourth-order valence-electron chi connectivity index (χ4n) is 3.64. The van der Waals surface area contributed by atoms with E-state index in [-0.39, 0.29) is 11.9 Å². The van der Waals surface area contributed by atoms with E-state index in [1.54, 1.807) is 0 Å². The van der Waals surface area contributed by atoms with Crippen LogP contribution in [0.4, 0.5) is 0 Å². The Bertz CT molecular complexity index is 883. The van der Waals surface area contributed by atoms with Crippen LogP contribution in [0.2, 0.25) is 0 Å². The molecule has 3 aromatic carbocycles. The summed E-state index contributed by atoms with van der Waals surface area (Å²) < 4.78 is 0. The van der Waals surface area contributed by atoms with Gasteiger partial charge in [0.05, 0.1) is 6.04 Å². The number of nitrogens with zero attached hydrogens (tertiary/aromatic N) is 1. The lowest BCUT2D eigenvalue weighted by atomic mass is 9.87. The summed E-state index contributed by atoms with van der Waals surface area (Å²) in [5.41, 5.74) is 5.66. The molecule has 2 nitrogen and oxygen atoms in total. The lowest BCUT2D eigenvalue weighted by molar-refractivity contribution is 0.0694. The summed E-state index contributed by atoms with van der Waals surface area (Å²) in [6, 6.07) is 26.6. The fraction of sp³-hybridized carbons (Fsp3) is 0.174. The molecule has 1 amide bonds. The Labute approximate surface area is 148 Å². The second kappa shape index (κ2) is 6.56. The molecule has 0 bridgehead atoms. The summed E-state index contributed by atoms with van der Waals surface area (Å²) in [6.07, 6.45) is 0.900. The van der Waals surface area contributed by atoms with E-state index in [1.807, 2.05) is 54.3 Å². The van der Waals surface area contributed by atoms with Gasteiger partial charge in [0, 0.05) is 12.1 Å². The van der Waals surface area contributed by atoms with Crippen molar-refractivity contribution in [1.82, 2.24) is 4.90 Å². The highest BCUT2D eigenvalue weighted by Crippen LogP contribution is 2.35. The molecule has 1 aliphatic heterocycles. The summed E-state index contributed by atoms with van der Waals surface area (Å²) in [5, 5.41) is 0. The first-order valence-corrected chi connectivity index (χ1v) is 8.74. The molecule has 1 aliphatic rings. The molecule has 2 heteroatoms. The van der Waals surface area contributed by atoms with Crippen molar-refractivity contribution < 1.29 is 4.79 Å².